The van der Waals surface area contributed by atoms with Gasteiger partial charge in [0.25, 0.3) is 5.91 Å². The summed E-state index contributed by atoms with van der Waals surface area (Å²) in [5.74, 6) is -0.0646. The van der Waals surface area contributed by atoms with Gasteiger partial charge in [0.2, 0.25) is 5.91 Å². The Morgan fingerprint density at radius 1 is 0.824 bits per heavy atom. The van der Waals surface area contributed by atoms with Gasteiger partial charge in [-0.05, 0) is 35.9 Å². The minimum Gasteiger partial charge on any atom is -0.367 e. The molecule has 1 saturated heterocycles. The highest BCUT2D eigenvalue weighted by atomic mass is 16.2. The highest BCUT2D eigenvalue weighted by molar-refractivity contribution is 6.08. The number of rotatable bonds is 5. The molecule has 1 aliphatic heterocycles. The van der Waals surface area contributed by atoms with Gasteiger partial charge < -0.3 is 15.1 Å². The number of carbonyl (C=O) groups is 2. The molecule has 1 N–H and O–H groups in total. The molecule has 3 heterocycles. The van der Waals surface area contributed by atoms with Gasteiger partial charge in [0.05, 0.1) is 17.5 Å². The van der Waals surface area contributed by atoms with E-state index in [1.54, 1.807) is 30.7 Å². The lowest BCUT2D eigenvalue weighted by atomic mass is 10.1. The third-order valence-corrected chi connectivity index (χ3v) is 6.12. The molecule has 1 fully saturated rings. The summed E-state index contributed by atoms with van der Waals surface area (Å²) in [4.78, 5) is 38.5. The summed E-state index contributed by atoms with van der Waals surface area (Å²) in [6.45, 7) is 2.55. The second kappa shape index (κ2) is 9.70. The highest BCUT2D eigenvalue weighted by Gasteiger charge is 2.24. The van der Waals surface area contributed by atoms with Crippen molar-refractivity contribution in [2.45, 2.75) is 6.42 Å². The quantitative estimate of drug-likeness (QED) is 0.500. The molecule has 2 amide bonds. The van der Waals surface area contributed by atoms with Crippen LogP contribution in [0.15, 0.2) is 85.3 Å². The number of hydrogen-bond donors (Lipinski definition) is 1. The van der Waals surface area contributed by atoms with Gasteiger partial charge in [0, 0.05) is 61.5 Å². The smallest absolute Gasteiger partial charge is 0.257 e. The Morgan fingerprint density at radius 3 is 2.41 bits per heavy atom. The lowest BCUT2D eigenvalue weighted by molar-refractivity contribution is -0.130. The summed E-state index contributed by atoms with van der Waals surface area (Å²) < 4.78 is 0. The Hall–Kier alpha value is -4.26. The molecule has 2 aromatic heterocycles. The molecular formula is C27H25N5O2. The van der Waals surface area contributed by atoms with Crippen molar-refractivity contribution >= 4 is 34.1 Å². The van der Waals surface area contributed by atoms with Crippen LogP contribution in [0, 0.1) is 0 Å². The predicted octanol–water partition coefficient (Wildman–Crippen LogP) is 3.77. The molecule has 0 radical (unpaired) electrons. The van der Waals surface area contributed by atoms with Crippen LogP contribution >= 0.6 is 0 Å². The van der Waals surface area contributed by atoms with Crippen LogP contribution in [-0.4, -0.2) is 52.9 Å². The second-order valence-corrected chi connectivity index (χ2v) is 8.24. The summed E-state index contributed by atoms with van der Waals surface area (Å²) in [5.41, 5.74) is 4.02. The average molecular weight is 452 g/mol. The minimum absolute atomic E-state index is 0.0986. The molecule has 170 valence electrons. The van der Waals surface area contributed by atoms with Crippen LogP contribution in [0.2, 0.25) is 0 Å². The molecule has 0 saturated carbocycles. The van der Waals surface area contributed by atoms with Crippen LogP contribution in [0.3, 0.4) is 0 Å². The molecule has 1 aliphatic rings. The van der Waals surface area contributed by atoms with E-state index in [-0.39, 0.29) is 11.8 Å². The Bertz CT molecular complexity index is 1310. The van der Waals surface area contributed by atoms with Gasteiger partial charge in [-0.15, -0.1) is 0 Å². The maximum absolute atomic E-state index is 13.0. The Labute approximate surface area is 198 Å². The topological polar surface area (TPSA) is 78.4 Å². The van der Waals surface area contributed by atoms with Crippen molar-refractivity contribution in [3.8, 4) is 0 Å². The Morgan fingerprint density at radius 2 is 1.59 bits per heavy atom. The van der Waals surface area contributed by atoms with Crippen LogP contribution in [0.1, 0.15) is 15.9 Å². The third-order valence-electron chi connectivity index (χ3n) is 6.12. The van der Waals surface area contributed by atoms with Crippen molar-refractivity contribution < 1.29 is 9.59 Å². The number of para-hydroxylation sites is 2. The first kappa shape index (κ1) is 21.6. The highest BCUT2D eigenvalue weighted by Crippen LogP contribution is 2.24. The fourth-order valence-electron chi connectivity index (χ4n) is 4.36. The molecule has 0 unspecified atom stereocenters. The zero-order valence-electron chi connectivity index (χ0n) is 18.7. The van der Waals surface area contributed by atoms with Crippen molar-refractivity contribution in [2.75, 3.05) is 36.4 Å². The standard InChI is InChI=1S/C27H25N5O2/c33-25(19-21-6-3-5-20-7-4-12-29-26(20)21)32-17-15-31(16-18-32)24-9-2-1-8-23(24)27(34)30-22-10-13-28-14-11-22/h1-14H,15-19H2,(H,28,30,34). The van der Waals surface area contributed by atoms with E-state index in [1.165, 1.54) is 0 Å². The first-order valence-electron chi connectivity index (χ1n) is 11.3. The minimum atomic E-state index is -0.163. The number of hydrogen-bond acceptors (Lipinski definition) is 5. The van der Waals surface area contributed by atoms with E-state index in [0.717, 1.165) is 22.2 Å². The van der Waals surface area contributed by atoms with Gasteiger partial charge in [0.1, 0.15) is 0 Å². The van der Waals surface area contributed by atoms with E-state index in [2.05, 4.69) is 20.2 Å². The summed E-state index contributed by atoms with van der Waals surface area (Å²) in [6.07, 6.45) is 5.38. The largest absolute Gasteiger partial charge is 0.367 e. The predicted molar refractivity (Wildman–Crippen MR) is 133 cm³/mol. The molecule has 2 aromatic carbocycles. The van der Waals surface area contributed by atoms with Crippen LogP contribution in [0.5, 0.6) is 0 Å². The summed E-state index contributed by atoms with van der Waals surface area (Å²) >= 11 is 0. The number of carbonyl (C=O) groups excluding carboxylic acids is 2. The number of benzene rings is 2. The van der Waals surface area contributed by atoms with Gasteiger partial charge in [-0.2, -0.15) is 0 Å². The third kappa shape index (κ3) is 4.59. The zero-order valence-corrected chi connectivity index (χ0v) is 18.7. The van der Waals surface area contributed by atoms with E-state index in [4.69, 9.17) is 0 Å². The molecule has 4 aromatic rings. The number of pyridine rings is 2. The Kier molecular flexibility index (Phi) is 6.16. The monoisotopic (exact) mass is 451 g/mol. The molecule has 0 spiro atoms. The molecule has 5 rings (SSSR count). The van der Waals surface area contributed by atoms with E-state index in [1.807, 2.05) is 59.5 Å². The number of nitrogens with one attached hydrogen (secondary N) is 1. The Balaban J connectivity index is 1.25. The first-order valence-corrected chi connectivity index (χ1v) is 11.3. The number of fused-ring (bicyclic) bond motifs is 1. The van der Waals surface area contributed by atoms with Gasteiger partial charge in [-0.3, -0.25) is 19.6 Å². The number of amides is 2. The van der Waals surface area contributed by atoms with E-state index in [9.17, 15) is 9.59 Å². The fourth-order valence-corrected chi connectivity index (χ4v) is 4.36. The maximum Gasteiger partial charge on any atom is 0.257 e. The van der Waals surface area contributed by atoms with Crippen LogP contribution < -0.4 is 10.2 Å². The number of anilines is 2. The normalized spacial score (nSPS) is 13.6. The molecule has 34 heavy (non-hydrogen) atoms. The average Bonchev–Trinajstić information content (AvgIpc) is 2.89. The maximum atomic E-state index is 13.0. The lowest BCUT2D eigenvalue weighted by Gasteiger charge is -2.37. The van der Waals surface area contributed by atoms with Gasteiger partial charge in [-0.1, -0.05) is 36.4 Å². The van der Waals surface area contributed by atoms with Gasteiger partial charge >= 0.3 is 0 Å². The van der Waals surface area contributed by atoms with Crippen molar-refractivity contribution in [3.05, 3.63) is 96.4 Å². The SMILES string of the molecule is O=C(Nc1ccncc1)c1ccccc1N1CCN(C(=O)Cc2cccc3cccnc23)CC1. The fraction of sp³-hybridized carbons (Fsp3) is 0.185. The molecular weight excluding hydrogens is 426 g/mol. The van der Waals surface area contributed by atoms with Crippen molar-refractivity contribution in [3.63, 3.8) is 0 Å². The molecule has 7 heteroatoms. The van der Waals surface area contributed by atoms with E-state index >= 15 is 0 Å². The molecule has 0 bridgehead atoms. The molecule has 0 aliphatic carbocycles. The number of nitrogens with zero attached hydrogens (tertiary/aromatic N) is 4. The van der Waals surface area contributed by atoms with Gasteiger partial charge in [-0.25, -0.2) is 0 Å². The van der Waals surface area contributed by atoms with E-state index < -0.39 is 0 Å². The molecule has 0 atom stereocenters. The zero-order chi connectivity index (χ0) is 23.3. The van der Waals surface area contributed by atoms with Crippen LogP contribution in [0.25, 0.3) is 10.9 Å². The summed E-state index contributed by atoms with van der Waals surface area (Å²) in [5, 5.41) is 3.97. The molecule has 7 nitrogen and oxygen atoms in total. The van der Waals surface area contributed by atoms with Crippen molar-refractivity contribution in [1.82, 2.24) is 14.9 Å². The second-order valence-electron chi connectivity index (χ2n) is 8.24. The van der Waals surface area contributed by atoms with Gasteiger partial charge in [0.15, 0.2) is 0 Å². The summed E-state index contributed by atoms with van der Waals surface area (Å²) in [7, 11) is 0. The van der Waals surface area contributed by atoms with Crippen molar-refractivity contribution in [1.29, 1.82) is 0 Å². The van der Waals surface area contributed by atoms with Crippen LogP contribution in [-0.2, 0) is 11.2 Å². The lowest BCUT2D eigenvalue weighted by Crippen LogP contribution is -2.49. The first-order chi connectivity index (χ1) is 16.7. The van der Waals surface area contributed by atoms with E-state index in [0.29, 0.717) is 43.9 Å². The summed E-state index contributed by atoms with van der Waals surface area (Å²) in [6, 6.07) is 21.0. The van der Waals surface area contributed by atoms with Crippen molar-refractivity contribution in [2.24, 2.45) is 0 Å². The van der Waals surface area contributed by atoms with Crippen LogP contribution in [0.4, 0.5) is 11.4 Å². The number of piperazine rings is 1. The number of aromatic nitrogens is 2.